The number of halogens is 2. The molecular formula is C17H19F2N3O4S. The van der Waals surface area contributed by atoms with Crippen molar-refractivity contribution in [2.75, 3.05) is 23.2 Å². The number of pyridine rings is 1. The Hall–Kier alpha value is -2.75. The number of nitrogens with one attached hydrogen (secondary N) is 1. The average Bonchev–Trinajstić information content (AvgIpc) is 2.61. The Morgan fingerprint density at radius 1 is 1.26 bits per heavy atom. The largest absolute Gasteiger partial charge is 0.478 e. The lowest BCUT2D eigenvalue weighted by Gasteiger charge is -2.20. The number of benzene rings is 1. The van der Waals surface area contributed by atoms with Crippen LogP contribution < -0.4 is 9.62 Å². The predicted molar refractivity (Wildman–Crippen MR) is 96.5 cm³/mol. The van der Waals surface area contributed by atoms with Crippen LogP contribution in [0.5, 0.6) is 0 Å². The van der Waals surface area contributed by atoms with E-state index in [1.165, 1.54) is 6.20 Å². The number of unbranched alkanes of at least 4 members (excludes halogenated alkanes) is 1. The molecule has 0 saturated carbocycles. The zero-order valence-corrected chi connectivity index (χ0v) is 15.6. The van der Waals surface area contributed by atoms with E-state index in [0.29, 0.717) is 18.7 Å². The number of hydrogen-bond acceptors (Lipinski definition) is 5. The summed E-state index contributed by atoms with van der Waals surface area (Å²) < 4.78 is 53.1. The summed E-state index contributed by atoms with van der Waals surface area (Å²) in [7, 11) is -2.56. The summed E-state index contributed by atoms with van der Waals surface area (Å²) in [4.78, 5) is 16.8. The van der Waals surface area contributed by atoms with Crippen molar-refractivity contribution < 1.29 is 27.1 Å². The van der Waals surface area contributed by atoms with Crippen molar-refractivity contribution in [3.8, 4) is 0 Å². The third-order valence-corrected chi connectivity index (χ3v) is 5.14. The molecular weight excluding hydrogens is 380 g/mol. The number of nitrogens with zero attached hydrogens (tertiary/aromatic N) is 2. The second-order valence-corrected chi connectivity index (χ2v) is 7.54. The van der Waals surface area contributed by atoms with Gasteiger partial charge in [0.2, 0.25) is 0 Å². The molecule has 0 aliphatic heterocycles. The minimum Gasteiger partial charge on any atom is -0.478 e. The van der Waals surface area contributed by atoms with Gasteiger partial charge in [0, 0.05) is 13.6 Å². The molecule has 0 bridgehead atoms. The van der Waals surface area contributed by atoms with Gasteiger partial charge >= 0.3 is 5.97 Å². The summed E-state index contributed by atoms with van der Waals surface area (Å²) in [6.45, 7) is 2.58. The van der Waals surface area contributed by atoms with E-state index in [9.17, 15) is 27.1 Å². The Morgan fingerprint density at radius 2 is 1.96 bits per heavy atom. The molecule has 7 nitrogen and oxygen atoms in total. The van der Waals surface area contributed by atoms with Crippen LogP contribution in [0.1, 0.15) is 30.1 Å². The topological polar surface area (TPSA) is 99.6 Å². The highest BCUT2D eigenvalue weighted by atomic mass is 32.2. The maximum Gasteiger partial charge on any atom is 0.339 e. The van der Waals surface area contributed by atoms with Crippen LogP contribution in [0.15, 0.2) is 35.4 Å². The number of hydrogen-bond donors (Lipinski definition) is 2. The summed E-state index contributed by atoms with van der Waals surface area (Å²) in [5.74, 6) is -3.56. The molecule has 1 heterocycles. The third-order valence-electron chi connectivity index (χ3n) is 3.76. The highest BCUT2D eigenvalue weighted by Gasteiger charge is 2.20. The van der Waals surface area contributed by atoms with Crippen LogP contribution in [-0.2, 0) is 10.0 Å². The van der Waals surface area contributed by atoms with Gasteiger partial charge in [-0.15, -0.1) is 0 Å². The van der Waals surface area contributed by atoms with Crippen molar-refractivity contribution in [3.63, 3.8) is 0 Å². The second kappa shape index (κ2) is 8.30. The number of anilines is 2. The third kappa shape index (κ3) is 4.91. The minimum absolute atomic E-state index is 0.107. The van der Waals surface area contributed by atoms with Crippen molar-refractivity contribution in [2.45, 2.75) is 24.7 Å². The molecule has 2 N–H and O–H groups in total. The normalized spacial score (nSPS) is 11.3. The van der Waals surface area contributed by atoms with E-state index < -0.39 is 32.5 Å². The molecule has 0 saturated heterocycles. The molecule has 1 aromatic carbocycles. The van der Waals surface area contributed by atoms with Gasteiger partial charge in [0.15, 0.2) is 11.6 Å². The van der Waals surface area contributed by atoms with Gasteiger partial charge in [0.25, 0.3) is 10.0 Å². The van der Waals surface area contributed by atoms with Gasteiger partial charge in [-0.25, -0.2) is 27.0 Å². The molecule has 2 rings (SSSR count). The molecule has 0 atom stereocenters. The molecule has 0 fully saturated rings. The molecule has 2 aromatic rings. The maximum atomic E-state index is 13.3. The van der Waals surface area contributed by atoms with Crippen LogP contribution in [0.3, 0.4) is 0 Å². The maximum absolute atomic E-state index is 13.3. The van der Waals surface area contributed by atoms with Gasteiger partial charge in [0.05, 0.1) is 16.8 Å². The van der Waals surface area contributed by atoms with Gasteiger partial charge in [-0.1, -0.05) is 13.3 Å². The lowest BCUT2D eigenvalue weighted by Crippen LogP contribution is -2.23. The Morgan fingerprint density at radius 3 is 2.56 bits per heavy atom. The quantitative estimate of drug-likeness (QED) is 0.708. The number of aromatic carboxylic acids is 1. The molecule has 0 unspecified atom stereocenters. The fraction of sp³-hybridized carbons (Fsp3) is 0.294. The second-order valence-electron chi connectivity index (χ2n) is 5.86. The van der Waals surface area contributed by atoms with Crippen molar-refractivity contribution >= 4 is 27.5 Å². The van der Waals surface area contributed by atoms with E-state index in [4.69, 9.17) is 0 Å². The minimum atomic E-state index is -4.25. The fourth-order valence-corrected chi connectivity index (χ4v) is 3.38. The lowest BCUT2D eigenvalue weighted by atomic mass is 10.2. The molecule has 0 spiro atoms. The van der Waals surface area contributed by atoms with Gasteiger partial charge in [0.1, 0.15) is 11.4 Å². The van der Waals surface area contributed by atoms with Gasteiger partial charge in [-0.3, -0.25) is 4.72 Å². The Balaban J connectivity index is 2.34. The van der Waals surface area contributed by atoms with Gasteiger partial charge in [-0.05, 0) is 30.7 Å². The number of sulfonamides is 1. The summed E-state index contributed by atoms with van der Waals surface area (Å²) in [5.41, 5.74) is -0.288. The van der Waals surface area contributed by atoms with E-state index in [1.807, 2.05) is 6.92 Å². The standard InChI is InChI=1S/C17H19F2N3O4S/c1-3-4-7-22(2)16-13(17(23)24)8-11(10-20-16)21-27(25,26)12-5-6-14(18)15(19)9-12/h5-6,8-10,21H,3-4,7H2,1-2H3,(H,23,24). The van der Waals surface area contributed by atoms with Crippen molar-refractivity contribution in [1.82, 2.24) is 4.98 Å². The first-order valence-electron chi connectivity index (χ1n) is 8.08. The first-order valence-corrected chi connectivity index (χ1v) is 9.56. The van der Waals surface area contributed by atoms with E-state index in [1.54, 1.807) is 11.9 Å². The van der Waals surface area contributed by atoms with Crippen molar-refractivity contribution in [3.05, 3.63) is 47.7 Å². The van der Waals surface area contributed by atoms with E-state index in [2.05, 4.69) is 9.71 Å². The van der Waals surface area contributed by atoms with Crippen molar-refractivity contribution in [2.24, 2.45) is 0 Å². The summed E-state index contributed by atoms with van der Waals surface area (Å²) in [5, 5.41) is 9.41. The molecule has 146 valence electrons. The highest BCUT2D eigenvalue weighted by molar-refractivity contribution is 7.92. The summed E-state index contributed by atoms with van der Waals surface area (Å²) >= 11 is 0. The van der Waals surface area contributed by atoms with Gasteiger partial charge < -0.3 is 10.0 Å². The molecule has 0 amide bonds. The van der Waals surface area contributed by atoms with E-state index >= 15 is 0 Å². The Bertz CT molecular complexity index is 951. The van der Waals surface area contributed by atoms with Gasteiger partial charge in [-0.2, -0.15) is 0 Å². The SMILES string of the molecule is CCCCN(C)c1ncc(NS(=O)(=O)c2ccc(F)c(F)c2)cc1C(=O)O. The molecule has 27 heavy (non-hydrogen) atoms. The average molecular weight is 399 g/mol. The number of aromatic nitrogens is 1. The smallest absolute Gasteiger partial charge is 0.339 e. The molecule has 0 radical (unpaired) electrons. The first kappa shape index (κ1) is 20.6. The van der Waals surface area contributed by atoms with Crippen LogP contribution >= 0.6 is 0 Å². The number of rotatable bonds is 8. The number of carbonyl (C=O) groups is 1. The van der Waals surface area contributed by atoms with Crippen LogP contribution in [-0.4, -0.2) is 38.1 Å². The first-order chi connectivity index (χ1) is 12.7. The highest BCUT2D eigenvalue weighted by Crippen LogP contribution is 2.23. The molecule has 0 aliphatic rings. The molecule has 10 heteroatoms. The number of carboxylic acid groups (broad SMARTS) is 1. The zero-order chi connectivity index (χ0) is 20.2. The van der Waals surface area contributed by atoms with Crippen LogP contribution in [0.25, 0.3) is 0 Å². The van der Waals surface area contributed by atoms with E-state index in [0.717, 1.165) is 25.0 Å². The molecule has 1 aromatic heterocycles. The summed E-state index contributed by atoms with van der Waals surface area (Å²) in [6.07, 6.45) is 2.92. The Labute approximate surface area is 155 Å². The fourth-order valence-electron chi connectivity index (χ4n) is 2.33. The Kier molecular flexibility index (Phi) is 6.32. The van der Waals surface area contributed by atoms with Crippen LogP contribution in [0.4, 0.5) is 20.3 Å². The zero-order valence-electron chi connectivity index (χ0n) is 14.7. The van der Waals surface area contributed by atoms with Crippen molar-refractivity contribution in [1.29, 1.82) is 0 Å². The van der Waals surface area contributed by atoms with E-state index in [-0.39, 0.29) is 17.1 Å². The predicted octanol–water partition coefficient (Wildman–Crippen LogP) is 3.10. The molecule has 0 aliphatic carbocycles. The number of carboxylic acids is 1. The lowest BCUT2D eigenvalue weighted by molar-refractivity contribution is 0.0697. The van der Waals surface area contributed by atoms with Crippen LogP contribution in [0.2, 0.25) is 0 Å². The summed E-state index contributed by atoms with van der Waals surface area (Å²) in [6, 6.07) is 3.26. The monoisotopic (exact) mass is 399 g/mol. The van der Waals surface area contributed by atoms with Crippen LogP contribution in [0, 0.1) is 11.6 Å².